The zero-order valence-corrected chi connectivity index (χ0v) is 11.8. The topological polar surface area (TPSA) is 34.4 Å². The highest BCUT2D eigenvalue weighted by Gasteiger charge is 2.07. The van der Waals surface area contributed by atoms with Crippen molar-refractivity contribution in [2.24, 2.45) is 0 Å². The molecular formula is C16H18N2O. The van der Waals surface area contributed by atoms with Gasteiger partial charge in [0.1, 0.15) is 5.65 Å². The molecule has 2 aromatic heterocycles. The van der Waals surface area contributed by atoms with Crippen molar-refractivity contribution in [3.05, 3.63) is 58.0 Å². The fourth-order valence-corrected chi connectivity index (χ4v) is 2.32. The van der Waals surface area contributed by atoms with Gasteiger partial charge in [-0.1, -0.05) is 26.0 Å². The third-order valence-electron chi connectivity index (χ3n) is 2.97. The van der Waals surface area contributed by atoms with Crippen LogP contribution >= 0.6 is 0 Å². The number of pyridine rings is 1. The molecule has 0 bridgehead atoms. The molecule has 3 rings (SSSR count). The van der Waals surface area contributed by atoms with Crippen molar-refractivity contribution in [3.63, 3.8) is 0 Å². The lowest BCUT2D eigenvalue weighted by Crippen LogP contribution is -2.11. The summed E-state index contributed by atoms with van der Waals surface area (Å²) in [6.07, 6.45) is 1.94. The van der Waals surface area contributed by atoms with Gasteiger partial charge in [0.2, 0.25) is 0 Å². The highest BCUT2D eigenvalue weighted by Crippen LogP contribution is 2.18. The Labute approximate surface area is 112 Å². The van der Waals surface area contributed by atoms with E-state index in [1.807, 2.05) is 62.6 Å². The molecule has 3 heteroatoms. The Hall–Kier alpha value is -2.16. The highest BCUT2D eigenvalue weighted by atomic mass is 16.1. The van der Waals surface area contributed by atoms with Crippen LogP contribution in [0.2, 0.25) is 0 Å². The van der Waals surface area contributed by atoms with Crippen LogP contribution in [0.25, 0.3) is 16.6 Å². The molecule has 2 heterocycles. The Balaban J connectivity index is 0.000000637. The van der Waals surface area contributed by atoms with Gasteiger partial charge < -0.3 is 4.40 Å². The molecule has 0 atom stereocenters. The molecule has 0 saturated carbocycles. The zero-order chi connectivity index (χ0) is 14.0. The lowest BCUT2D eigenvalue weighted by Gasteiger charge is -2.08. The minimum Gasteiger partial charge on any atom is -0.301 e. The fourth-order valence-electron chi connectivity index (χ4n) is 2.32. The van der Waals surface area contributed by atoms with Crippen molar-refractivity contribution < 1.29 is 0 Å². The third-order valence-corrected chi connectivity index (χ3v) is 2.97. The van der Waals surface area contributed by atoms with Crippen molar-refractivity contribution in [2.75, 3.05) is 0 Å². The average molecular weight is 254 g/mol. The van der Waals surface area contributed by atoms with Crippen LogP contribution in [0.3, 0.4) is 0 Å². The lowest BCUT2D eigenvalue weighted by atomic mass is 10.1. The SMILES string of the molecule is CC.Cc1cc(C)c2c(c1)c(=O)nc1ccccn12. The minimum absolute atomic E-state index is 0.155. The highest BCUT2D eigenvalue weighted by molar-refractivity contribution is 5.84. The van der Waals surface area contributed by atoms with Gasteiger partial charge in [-0.25, -0.2) is 0 Å². The largest absolute Gasteiger partial charge is 0.301 e. The van der Waals surface area contributed by atoms with E-state index in [2.05, 4.69) is 11.1 Å². The lowest BCUT2D eigenvalue weighted by molar-refractivity contribution is 1.12. The zero-order valence-electron chi connectivity index (χ0n) is 11.8. The first-order chi connectivity index (χ1) is 9.16. The summed E-state index contributed by atoms with van der Waals surface area (Å²) in [5.74, 6) is 0. The van der Waals surface area contributed by atoms with Crippen LogP contribution in [-0.4, -0.2) is 9.38 Å². The second-order valence-electron chi connectivity index (χ2n) is 4.32. The third kappa shape index (κ3) is 2.24. The molecule has 0 aliphatic heterocycles. The summed E-state index contributed by atoms with van der Waals surface area (Å²) in [5, 5.41) is 0.686. The Morgan fingerprint density at radius 2 is 1.84 bits per heavy atom. The molecule has 0 saturated heterocycles. The van der Waals surface area contributed by atoms with Gasteiger partial charge >= 0.3 is 0 Å². The summed E-state index contributed by atoms with van der Waals surface area (Å²) in [7, 11) is 0. The molecule has 19 heavy (non-hydrogen) atoms. The van der Waals surface area contributed by atoms with Crippen LogP contribution < -0.4 is 5.56 Å². The van der Waals surface area contributed by atoms with Crippen molar-refractivity contribution in [1.82, 2.24) is 9.38 Å². The summed E-state index contributed by atoms with van der Waals surface area (Å²) in [6.45, 7) is 8.01. The van der Waals surface area contributed by atoms with E-state index < -0.39 is 0 Å². The molecule has 0 radical (unpaired) electrons. The van der Waals surface area contributed by atoms with Crippen LogP contribution in [-0.2, 0) is 0 Å². The van der Waals surface area contributed by atoms with E-state index in [1.165, 1.54) is 0 Å². The molecule has 0 fully saturated rings. The molecule has 0 N–H and O–H groups in total. The minimum atomic E-state index is -0.155. The van der Waals surface area contributed by atoms with Crippen LogP contribution in [0.15, 0.2) is 41.3 Å². The number of fused-ring (bicyclic) bond motifs is 3. The van der Waals surface area contributed by atoms with Gasteiger partial charge in [0, 0.05) is 6.20 Å². The van der Waals surface area contributed by atoms with Crippen LogP contribution in [0.1, 0.15) is 25.0 Å². The summed E-state index contributed by atoms with van der Waals surface area (Å²) in [5.41, 5.74) is 3.67. The number of hydrogen-bond donors (Lipinski definition) is 0. The van der Waals surface area contributed by atoms with Gasteiger partial charge in [-0.2, -0.15) is 4.98 Å². The Morgan fingerprint density at radius 3 is 2.58 bits per heavy atom. The van der Waals surface area contributed by atoms with Gasteiger partial charge in [0.25, 0.3) is 5.56 Å². The fraction of sp³-hybridized carbons (Fsp3) is 0.250. The average Bonchev–Trinajstić information content (AvgIpc) is 2.41. The van der Waals surface area contributed by atoms with Crippen LogP contribution in [0.5, 0.6) is 0 Å². The molecule has 3 aromatic rings. The normalized spacial score (nSPS) is 10.3. The summed E-state index contributed by atoms with van der Waals surface area (Å²) in [4.78, 5) is 16.1. The number of rotatable bonds is 0. The first-order valence-corrected chi connectivity index (χ1v) is 6.55. The molecular weight excluding hydrogens is 236 g/mol. The predicted octanol–water partition coefficient (Wildman–Crippen LogP) is 3.49. The first kappa shape index (κ1) is 13.3. The molecule has 0 aliphatic rings. The van der Waals surface area contributed by atoms with Gasteiger partial charge in [-0.15, -0.1) is 0 Å². The van der Waals surface area contributed by atoms with Crippen molar-refractivity contribution in [2.45, 2.75) is 27.7 Å². The second kappa shape index (κ2) is 5.22. The van der Waals surface area contributed by atoms with Gasteiger partial charge in [-0.05, 0) is 43.2 Å². The van der Waals surface area contributed by atoms with Gasteiger partial charge in [0.15, 0.2) is 0 Å². The Bertz CT molecular complexity index is 788. The summed E-state index contributed by atoms with van der Waals surface area (Å²) < 4.78 is 1.96. The standard InChI is InChI=1S/C14H12N2O.C2H6/c1-9-7-10(2)13-11(8-9)14(17)15-12-5-3-4-6-16(12)13;1-2/h3-8H,1-2H3;1-2H3. The van der Waals surface area contributed by atoms with Crippen molar-refractivity contribution >= 4 is 16.6 Å². The monoisotopic (exact) mass is 254 g/mol. The first-order valence-electron chi connectivity index (χ1n) is 6.55. The van der Waals surface area contributed by atoms with E-state index in [9.17, 15) is 4.79 Å². The van der Waals surface area contributed by atoms with Crippen molar-refractivity contribution in [3.8, 4) is 0 Å². The number of hydrogen-bond acceptors (Lipinski definition) is 2. The van der Waals surface area contributed by atoms with Crippen molar-refractivity contribution in [1.29, 1.82) is 0 Å². The predicted molar refractivity (Wildman–Crippen MR) is 79.8 cm³/mol. The maximum Gasteiger partial charge on any atom is 0.281 e. The summed E-state index contributed by atoms with van der Waals surface area (Å²) >= 11 is 0. The number of aromatic nitrogens is 2. The molecule has 0 unspecified atom stereocenters. The van der Waals surface area contributed by atoms with E-state index in [1.54, 1.807) is 0 Å². The maximum atomic E-state index is 12.0. The number of nitrogens with zero attached hydrogens (tertiary/aromatic N) is 2. The number of benzene rings is 1. The molecule has 3 nitrogen and oxygen atoms in total. The Morgan fingerprint density at radius 1 is 1.11 bits per heavy atom. The van der Waals surface area contributed by atoms with E-state index in [4.69, 9.17) is 0 Å². The van der Waals surface area contributed by atoms with E-state index in [-0.39, 0.29) is 5.56 Å². The second-order valence-corrected chi connectivity index (χ2v) is 4.32. The maximum absolute atomic E-state index is 12.0. The molecule has 0 spiro atoms. The quantitative estimate of drug-likeness (QED) is 0.575. The van der Waals surface area contributed by atoms with Crippen LogP contribution in [0, 0.1) is 13.8 Å². The van der Waals surface area contributed by atoms with Gasteiger partial charge in [-0.3, -0.25) is 4.79 Å². The number of aryl methyl sites for hydroxylation is 2. The van der Waals surface area contributed by atoms with E-state index in [0.717, 1.165) is 16.6 Å². The van der Waals surface area contributed by atoms with Crippen LogP contribution in [0.4, 0.5) is 0 Å². The smallest absolute Gasteiger partial charge is 0.281 e. The summed E-state index contributed by atoms with van der Waals surface area (Å²) in [6, 6.07) is 9.66. The van der Waals surface area contributed by atoms with Gasteiger partial charge in [0.05, 0.1) is 10.9 Å². The van der Waals surface area contributed by atoms with E-state index in [0.29, 0.717) is 11.0 Å². The Kier molecular flexibility index (Phi) is 3.65. The molecule has 0 amide bonds. The van der Waals surface area contributed by atoms with E-state index >= 15 is 0 Å². The molecule has 98 valence electrons. The molecule has 1 aromatic carbocycles. The molecule has 0 aliphatic carbocycles.